The number of carbonyl (C=O) groups is 1. The molecular formula is C12H14BrFN2O3S. The quantitative estimate of drug-likeness (QED) is 0.882. The second-order valence-corrected chi connectivity index (χ2v) is 7.32. The number of rotatable bonds is 4. The lowest BCUT2D eigenvalue weighted by Crippen LogP contribution is -2.30. The Hall–Kier alpha value is -0.990. The standard InChI is InChI=1S/C12H14BrFN2O3S/c1-16(6-7-2-3-7)12(17)8-4-11(20(15,18)19)9(13)5-10(8)14/h4-5,7H,2-3,6H2,1H3,(H2,15,18,19). The average molecular weight is 365 g/mol. The lowest BCUT2D eigenvalue weighted by atomic mass is 10.2. The first-order valence-electron chi connectivity index (χ1n) is 5.97. The maximum absolute atomic E-state index is 13.9. The minimum atomic E-state index is -4.03. The van der Waals surface area contributed by atoms with E-state index < -0.39 is 21.7 Å². The molecule has 1 aromatic rings. The highest BCUT2D eigenvalue weighted by Crippen LogP contribution is 2.30. The summed E-state index contributed by atoms with van der Waals surface area (Å²) >= 11 is 2.93. The highest BCUT2D eigenvalue weighted by molar-refractivity contribution is 9.10. The fraction of sp³-hybridized carbons (Fsp3) is 0.417. The number of nitrogens with zero attached hydrogens (tertiary/aromatic N) is 1. The van der Waals surface area contributed by atoms with Crippen LogP contribution in [0.4, 0.5) is 4.39 Å². The van der Waals surface area contributed by atoms with E-state index in [1.54, 1.807) is 7.05 Å². The molecule has 2 rings (SSSR count). The lowest BCUT2D eigenvalue weighted by molar-refractivity contribution is 0.0783. The van der Waals surface area contributed by atoms with E-state index >= 15 is 0 Å². The summed E-state index contributed by atoms with van der Waals surface area (Å²) in [4.78, 5) is 13.3. The highest BCUT2D eigenvalue weighted by atomic mass is 79.9. The van der Waals surface area contributed by atoms with Crippen molar-refractivity contribution in [2.24, 2.45) is 11.1 Å². The van der Waals surface area contributed by atoms with Crippen LogP contribution >= 0.6 is 15.9 Å². The monoisotopic (exact) mass is 364 g/mol. The van der Waals surface area contributed by atoms with Crippen LogP contribution in [0.2, 0.25) is 0 Å². The van der Waals surface area contributed by atoms with Crippen molar-refractivity contribution in [3.8, 4) is 0 Å². The Morgan fingerprint density at radius 3 is 2.60 bits per heavy atom. The van der Waals surface area contributed by atoms with Gasteiger partial charge in [0.15, 0.2) is 0 Å². The van der Waals surface area contributed by atoms with Crippen LogP contribution in [0.1, 0.15) is 23.2 Å². The van der Waals surface area contributed by atoms with E-state index in [4.69, 9.17) is 5.14 Å². The maximum atomic E-state index is 13.9. The van der Waals surface area contributed by atoms with Crippen LogP contribution < -0.4 is 5.14 Å². The van der Waals surface area contributed by atoms with Crippen LogP contribution in [0.15, 0.2) is 21.5 Å². The SMILES string of the molecule is CN(CC1CC1)C(=O)c1cc(S(N)(=O)=O)c(Br)cc1F. The first-order valence-corrected chi connectivity index (χ1v) is 8.31. The summed E-state index contributed by atoms with van der Waals surface area (Å²) in [6.07, 6.45) is 2.12. The van der Waals surface area contributed by atoms with Crippen molar-refractivity contribution in [3.05, 3.63) is 28.0 Å². The topological polar surface area (TPSA) is 80.5 Å². The van der Waals surface area contributed by atoms with Gasteiger partial charge in [-0.05, 0) is 46.8 Å². The molecule has 1 aromatic carbocycles. The van der Waals surface area contributed by atoms with Gasteiger partial charge < -0.3 is 4.90 Å². The molecule has 0 aromatic heterocycles. The number of hydrogen-bond donors (Lipinski definition) is 1. The third kappa shape index (κ3) is 3.36. The van der Waals surface area contributed by atoms with Crippen LogP contribution in [-0.2, 0) is 10.0 Å². The van der Waals surface area contributed by atoms with Gasteiger partial charge in [0.2, 0.25) is 10.0 Å². The van der Waals surface area contributed by atoms with Gasteiger partial charge in [-0.3, -0.25) is 4.79 Å². The molecule has 110 valence electrons. The van der Waals surface area contributed by atoms with Gasteiger partial charge in [0.05, 0.1) is 10.5 Å². The number of benzene rings is 1. The fourth-order valence-electron chi connectivity index (χ4n) is 1.89. The van der Waals surface area contributed by atoms with E-state index in [0.29, 0.717) is 12.5 Å². The van der Waals surface area contributed by atoms with Crippen LogP contribution in [0.25, 0.3) is 0 Å². The highest BCUT2D eigenvalue weighted by Gasteiger charge is 2.27. The molecule has 1 amide bonds. The predicted molar refractivity (Wildman–Crippen MR) is 75.2 cm³/mol. The minimum absolute atomic E-state index is 0.00102. The molecule has 1 saturated carbocycles. The Morgan fingerprint density at radius 2 is 2.10 bits per heavy atom. The molecule has 0 unspecified atom stereocenters. The Bertz CT molecular complexity index is 659. The fourth-order valence-corrected chi connectivity index (χ4v) is 3.49. The van der Waals surface area contributed by atoms with Crippen molar-refractivity contribution in [3.63, 3.8) is 0 Å². The van der Waals surface area contributed by atoms with Gasteiger partial charge in [0.25, 0.3) is 5.91 Å². The van der Waals surface area contributed by atoms with Crippen LogP contribution in [0.3, 0.4) is 0 Å². The molecular weight excluding hydrogens is 351 g/mol. The molecule has 0 bridgehead atoms. The van der Waals surface area contributed by atoms with Crippen molar-refractivity contribution in [1.82, 2.24) is 4.90 Å². The van der Waals surface area contributed by atoms with Gasteiger partial charge in [0.1, 0.15) is 5.82 Å². The largest absolute Gasteiger partial charge is 0.341 e. The zero-order valence-electron chi connectivity index (χ0n) is 10.8. The summed E-state index contributed by atoms with van der Waals surface area (Å²) < 4.78 is 36.7. The molecule has 8 heteroatoms. The number of sulfonamides is 1. The van der Waals surface area contributed by atoms with Gasteiger partial charge in [-0.1, -0.05) is 0 Å². The van der Waals surface area contributed by atoms with Crippen LogP contribution in [0, 0.1) is 11.7 Å². The van der Waals surface area contributed by atoms with Gasteiger partial charge in [0, 0.05) is 18.1 Å². The van der Waals surface area contributed by atoms with Crippen molar-refractivity contribution in [2.75, 3.05) is 13.6 Å². The van der Waals surface area contributed by atoms with Gasteiger partial charge in [-0.25, -0.2) is 17.9 Å². The second kappa shape index (κ2) is 5.42. The Balaban J connectivity index is 2.37. The molecule has 1 aliphatic rings. The molecule has 0 saturated heterocycles. The predicted octanol–water partition coefficient (Wildman–Crippen LogP) is 1.72. The summed E-state index contributed by atoms with van der Waals surface area (Å²) in [7, 11) is -2.46. The van der Waals surface area contributed by atoms with E-state index in [9.17, 15) is 17.6 Å². The summed E-state index contributed by atoms with van der Waals surface area (Å²) in [5.41, 5.74) is -0.291. The molecule has 0 atom stereocenters. The number of halogens is 2. The molecule has 2 N–H and O–H groups in total. The number of hydrogen-bond acceptors (Lipinski definition) is 3. The third-order valence-electron chi connectivity index (χ3n) is 3.13. The molecule has 0 heterocycles. The number of nitrogens with two attached hydrogens (primary N) is 1. The minimum Gasteiger partial charge on any atom is -0.341 e. The van der Waals surface area contributed by atoms with E-state index in [2.05, 4.69) is 15.9 Å². The van der Waals surface area contributed by atoms with Crippen molar-refractivity contribution in [1.29, 1.82) is 0 Å². The number of carbonyl (C=O) groups excluding carboxylic acids is 1. The Morgan fingerprint density at radius 1 is 1.50 bits per heavy atom. The lowest BCUT2D eigenvalue weighted by Gasteiger charge is -2.17. The molecule has 20 heavy (non-hydrogen) atoms. The summed E-state index contributed by atoms with van der Waals surface area (Å²) in [6, 6.07) is 1.92. The van der Waals surface area contributed by atoms with E-state index in [-0.39, 0.29) is 14.9 Å². The van der Waals surface area contributed by atoms with Crippen molar-refractivity contribution >= 4 is 31.9 Å². The van der Waals surface area contributed by atoms with Crippen LogP contribution in [-0.4, -0.2) is 32.8 Å². The smallest absolute Gasteiger partial charge is 0.256 e. The molecule has 0 aliphatic heterocycles. The van der Waals surface area contributed by atoms with Crippen LogP contribution in [0.5, 0.6) is 0 Å². The molecule has 1 fully saturated rings. The number of amides is 1. The van der Waals surface area contributed by atoms with Crippen molar-refractivity contribution in [2.45, 2.75) is 17.7 Å². The molecule has 1 aliphatic carbocycles. The molecule has 5 nitrogen and oxygen atoms in total. The normalized spacial score (nSPS) is 15.2. The number of primary sulfonamides is 1. The van der Waals surface area contributed by atoms with Gasteiger partial charge in [-0.2, -0.15) is 0 Å². The van der Waals surface area contributed by atoms with Gasteiger partial charge >= 0.3 is 0 Å². The Labute approximate surface area is 125 Å². The van der Waals surface area contributed by atoms with E-state index in [1.165, 1.54) is 4.90 Å². The van der Waals surface area contributed by atoms with Gasteiger partial charge in [-0.15, -0.1) is 0 Å². The zero-order valence-corrected chi connectivity index (χ0v) is 13.2. The summed E-state index contributed by atoms with van der Waals surface area (Å²) in [5.74, 6) is -0.871. The first-order chi connectivity index (χ1) is 9.20. The third-order valence-corrected chi connectivity index (χ3v) is 5.00. The maximum Gasteiger partial charge on any atom is 0.256 e. The summed E-state index contributed by atoms with van der Waals surface area (Å²) in [5, 5.41) is 5.04. The summed E-state index contributed by atoms with van der Waals surface area (Å²) in [6.45, 7) is 0.541. The van der Waals surface area contributed by atoms with E-state index in [1.807, 2.05) is 0 Å². The zero-order chi connectivity index (χ0) is 15.1. The molecule has 0 spiro atoms. The molecule has 0 radical (unpaired) electrons. The second-order valence-electron chi connectivity index (χ2n) is 4.94. The van der Waals surface area contributed by atoms with Crippen molar-refractivity contribution < 1.29 is 17.6 Å². The average Bonchev–Trinajstić information content (AvgIpc) is 3.10. The Kier molecular flexibility index (Phi) is 4.17. The van der Waals surface area contributed by atoms with E-state index in [0.717, 1.165) is 25.0 Å². The first kappa shape index (κ1) is 15.4.